The van der Waals surface area contributed by atoms with Crippen LogP contribution in [0.1, 0.15) is 17.0 Å². The minimum atomic E-state index is -3.23. The first-order valence-electron chi connectivity index (χ1n) is 7.10. The number of aromatic amines is 1. The van der Waals surface area contributed by atoms with Crippen molar-refractivity contribution in [3.63, 3.8) is 0 Å². The summed E-state index contributed by atoms with van der Waals surface area (Å²) in [5.41, 5.74) is 3.24. The molecule has 0 spiro atoms. The van der Waals surface area contributed by atoms with Crippen LogP contribution in [0.15, 0.2) is 60.8 Å². The Balaban J connectivity index is 2.05. The minimum Gasteiger partial charge on any atom is -0.361 e. The van der Waals surface area contributed by atoms with Gasteiger partial charge in [0, 0.05) is 29.6 Å². The van der Waals surface area contributed by atoms with Crippen LogP contribution in [0, 0.1) is 0 Å². The third-order valence-corrected chi connectivity index (χ3v) is 4.44. The van der Waals surface area contributed by atoms with Crippen molar-refractivity contribution < 1.29 is 8.42 Å². The summed E-state index contributed by atoms with van der Waals surface area (Å²) in [6, 6.07) is 18.0. The Labute approximate surface area is 130 Å². The van der Waals surface area contributed by atoms with Crippen molar-refractivity contribution in [1.82, 2.24) is 9.71 Å². The average Bonchev–Trinajstić information content (AvgIpc) is 2.92. The second-order valence-corrected chi connectivity index (χ2v) is 7.21. The topological polar surface area (TPSA) is 62.0 Å². The Morgan fingerprint density at radius 1 is 1.05 bits per heavy atom. The highest BCUT2D eigenvalue weighted by molar-refractivity contribution is 7.88. The molecule has 1 heterocycles. The summed E-state index contributed by atoms with van der Waals surface area (Å²) >= 11 is 0. The van der Waals surface area contributed by atoms with Gasteiger partial charge in [-0.1, -0.05) is 48.5 Å². The summed E-state index contributed by atoms with van der Waals surface area (Å²) in [7, 11) is -3.23. The number of fused-ring (bicyclic) bond motifs is 1. The van der Waals surface area contributed by atoms with Crippen LogP contribution in [0.2, 0.25) is 0 Å². The molecule has 5 heteroatoms. The predicted octanol–water partition coefficient (Wildman–Crippen LogP) is 2.85. The Morgan fingerprint density at radius 3 is 2.45 bits per heavy atom. The van der Waals surface area contributed by atoms with Gasteiger partial charge in [0.1, 0.15) is 0 Å². The zero-order valence-corrected chi connectivity index (χ0v) is 13.1. The molecule has 1 unspecified atom stereocenters. The van der Waals surface area contributed by atoms with Gasteiger partial charge in [0.25, 0.3) is 0 Å². The van der Waals surface area contributed by atoms with E-state index in [0.29, 0.717) is 6.54 Å². The van der Waals surface area contributed by atoms with Crippen LogP contribution in [-0.2, 0) is 10.0 Å². The molecule has 0 aliphatic rings. The normalized spacial score (nSPS) is 13.3. The fourth-order valence-electron chi connectivity index (χ4n) is 2.71. The van der Waals surface area contributed by atoms with Crippen LogP contribution in [0.5, 0.6) is 0 Å². The van der Waals surface area contributed by atoms with Crippen LogP contribution in [0.4, 0.5) is 0 Å². The van der Waals surface area contributed by atoms with Crippen molar-refractivity contribution in [2.45, 2.75) is 5.92 Å². The van der Waals surface area contributed by atoms with E-state index in [1.54, 1.807) is 0 Å². The van der Waals surface area contributed by atoms with Crippen molar-refractivity contribution in [3.05, 3.63) is 71.9 Å². The van der Waals surface area contributed by atoms with Crippen molar-refractivity contribution in [2.24, 2.45) is 0 Å². The highest BCUT2D eigenvalue weighted by Crippen LogP contribution is 2.30. The fourth-order valence-corrected chi connectivity index (χ4v) is 3.18. The maximum Gasteiger partial charge on any atom is 0.208 e. The molecular formula is C17H18N2O2S. The molecule has 2 aromatic carbocycles. The number of H-pyrrole nitrogens is 1. The molecule has 2 N–H and O–H groups in total. The lowest BCUT2D eigenvalue weighted by atomic mass is 9.91. The molecule has 0 aliphatic heterocycles. The molecule has 0 saturated heterocycles. The molecule has 0 amide bonds. The summed E-state index contributed by atoms with van der Waals surface area (Å²) in [6.45, 7) is 0.338. The molecule has 114 valence electrons. The number of para-hydroxylation sites is 1. The van der Waals surface area contributed by atoms with Crippen molar-refractivity contribution in [3.8, 4) is 0 Å². The van der Waals surface area contributed by atoms with Gasteiger partial charge in [0.15, 0.2) is 0 Å². The fraction of sp³-hybridized carbons (Fsp3) is 0.176. The van der Waals surface area contributed by atoms with E-state index in [4.69, 9.17) is 0 Å². The SMILES string of the molecule is CS(=O)(=O)NCC(c1ccccc1)c1c[nH]c2ccccc12. The first-order chi connectivity index (χ1) is 10.5. The van der Waals surface area contributed by atoms with E-state index >= 15 is 0 Å². The van der Waals surface area contributed by atoms with E-state index in [1.165, 1.54) is 6.26 Å². The molecule has 0 saturated carbocycles. The van der Waals surface area contributed by atoms with E-state index in [1.807, 2.05) is 54.7 Å². The molecule has 3 aromatic rings. The van der Waals surface area contributed by atoms with Crippen LogP contribution in [-0.4, -0.2) is 26.2 Å². The number of hydrogen-bond donors (Lipinski definition) is 2. The number of benzene rings is 2. The predicted molar refractivity (Wildman–Crippen MR) is 89.4 cm³/mol. The molecule has 0 bridgehead atoms. The lowest BCUT2D eigenvalue weighted by Crippen LogP contribution is -2.27. The molecular weight excluding hydrogens is 296 g/mol. The molecule has 0 fully saturated rings. The smallest absolute Gasteiger partial charge is 0.208 e. The van der Waals surface area contributed by atoms with Gasteiger partial charge in [-0.05, 0) is 17.2 Å². The lowest BCUT2D eigenvalue weighted by molar-refractivity contribution is 0.584. The standard InChI is InChI=1S/C17H18N2O2S/c1-22(20,21)19-12-15(13-7-3-2-4-8-13)16-11-18-17-10-6-5-9-14(16)17/h2-11,15,18-19H,12H2,1H3. The third-order valence-electron chi connectivity index (χ3n) is 3.75. The van der Waals surface area contributed by atoms with Crippen LogP contribution in [0.3, 0.4) is 0 Å². The van der Waals surface area contributed by atoms with Crippen molar-refractivity contribution in [1.29, 1.82) is 0 Å². The maximum atomic E-state index is 11.5. The summed E-state index contributed by atoms with van der Waals surface area (Å²) in [6.07, 6.45) is 3.15. The van der Waals surface area contributed by atoms with Gasteiger partial charge in [0.2, 0.25) is 10.0 Å². The van der Waals surface area contributed by atoms with Crippen LogP contribution >= 0.6 is 0 Å². The lowest BCUT2D eigenvalue weighted by Gasteiger charge is -2.17. The average molecular weight is 314 g/mol. The van der Waals surface area contributed by atoms with E-state index in [-0.39, 0.29) is 5.92 Å². The Bertz CT molecular complexity index is 870. The van der Waals surface area contributed by atoms with E-state index in [2.05, 4.69) is 15.8 Å². The highest BCUT2D eigenvalue weighted by atomic mass is 32.2. The highest BCUT2D eigenvalue weighted by Gasteiger charge is 2.19. The Hall–Kier alpha value is -2.11. The first-order valence-corrected chi connectivity index (χ1v) is 8.99. The van der Waals surface area contributed by atoms with Crippen LogP contribution < -0.4 is 4.72 Å². The zero-order chi connectivity index (χ0) is 15.6. The van der Waals surface area contributed by atoms with Gasteiger partial charge < -0.3 is 4.98 Å². The molecule has 0 aliphatic carbocycles. The number of rotatable bonds is 5. The van der Waals surface area contributed by atoms with Gasteiger partial charge in [-0.25, -0.2) is 13.1 Å². The first kappa shape index (κ1) is 14.8. The molecule has 1 atom stereocenters. The summed E-state index contributed by atoms with van der Waals surface area (Å²) in [5.74, 6) is -0.0351. The largest absolute Gasteiger partial charge is 0.361 e. The quantitative estimate of drug-likeness (QED) is 0.760. The summed E-state index contributed by atoms with van der Waals surface area (Å²) in [4.78, 5) is 3.26. The molecule has 0 radical (unpaired) electrons. The molecule has 3 rings (SSSR count). The van der Waals surface area contributed by atoms with E-state index in [9.17, 15) is 8.42 Å². The van der Waals surface area contributed by atoms with Gasteiger partial charge in [-0.15, -0.1) is 0 Å². The Kier molecular flexibility index (Phi) is 4.00. The molecule has 22 heavy (non-hydrogen) atoms. The second-order valence-electron chi connectivity index (χ2n) is 5.37. The monoisotopic (exact) mass is 314 g/mol. The maximum absolute atomic E-state index is 11.5. The van der Waals surface area contributed by atoms with Gasteiger partial charge in [0.05, 0.1) is 6.26 Å². The van der Waals surface area contributed by atoms with Crippen molar-refractivity contribution >= 4 is 20.9 Å². The van der Waals surface area contributed by atoms with Crippen LogP contribution in [0.25, 0.3) is 10.9 Å². The third kappa shape index (κ3) is 3.21. The molecule has 4 nitrogen and oxygen atoms in total. The van der Waals surface area contributed by atoms with E-state index in [0.717, 1.165) is 22.0 Å². The molecule has 1 aromatic heterocycles. The number of hydrogen-bond acceptors (Lipinski definition) is 2. The summed E-state index contributed by atoms with van der Waals surface area (Å²) in [5, 5.41) is 1.12. The number of aromatic nitrogens is 1. The van der Waals surface area contributed by atoms with Gasteiger partial charge >= 0.3 is 0 Å². The number of sulfonamides is 1. The van der Waals surface area contributed by atoms with Gasteiger partial charge in [-0.2, -0.15) is 0 Å². The second kappa shape index (κ2) is 5.94. The zero-order valence-electron chi connectivity index (χ0n) is 12.3. The van der Waals surface area contributed by atoms with Gasteiger partial charge in [-0.3, -0.25) is 0 Å². The number of nitrogens with one attached hydrogen (secondary N) is 2. The van der Waals surface area contributed by atoms with Crippen molar-refractivity contribution in [2.75, 3.05) is 12.8 Å². The Morgan fingerprint density at radius 2 is 1.73 bits per heavy atom. The summed E-state index contributed by atoms with van der Waals surface area (Å²) < 4.78 is 25.6. The van der Waals surface area contributed by atoms with E-state index < -0.39 is 10.0 Å². The minimum absolute atomic E-state index is 0.0351.